The number of pyridine rings is 1. The first-order valence-corrected chi connectivity index (χ1v) is 5.98. The molecule has 1 aromatic heterocycles. The lowest BCUT2D eigenvalue weighted by Crippen LogP contribution is -2.30. The maximum Gasteiger partial charge on any atom is 0.417 e. The van der Waals surface area contributed by atoms with E-state index in [1.807, 2.05) is 0 Å². The second-order valence-corrected chi connectivity index (χ2v) is 4.79. The Morgan fingerprint density at radius 3 is 2.26 bits per heavy atom. The summed E-state index contributed by atoms with van der Waals surface area (Å²) in [6.07, 6.45) is -11.6. The van der Waals surface area contributed by atoms with E-state index in [4.69, 9.17) is 16.7 Å². The molecule has 0 aliphatic rings. The third kappa shape index (κ3) is 4.73. The number of thioether (sulfide) groups is 1. The highest BCUT2D eigenvalue weighted by Crippen LogP contribution is 2.34. The fourth-order valence-corrected chi connectivity index (χ4v) is 2.10. The average Bonchev–Trinajstić information content (AvgIpc) is 2.24. The minimum atomic E-state index is -4.80. The van der Waals surface area contributed by atoms with Crippen molar-refractivity contribution >= 4 is 23.4 Å². The van der Waals surface area contributed by atoms with Crippen LogP contribution in [0.3, 0.4) is 0 Å². The van der Waals surface area contributed by atoms with E-state index in [1.54, 1.807) is 0 Å². The third-order valence-electron chi connectivity index (χ3n) is 1.89. The molecule has 19 heavy (non-hydrogen) atoms. The first-order chi connectivity index (χ1) is 8.51. The molecule has 0 fully saturated rings. The Morgan fingerprint density at radius 1 is 1.26 bits per heavy atom. The molecule has 0 unspecified atom stereocenters. The van der Waals surface area contributed by atoms with Crippen LogP contribution < -0.4 is 0 Å². The van der Waals surface area contributed by atoms with Crippen LogP contribution in [0.25, 0.3) is 0 Å². The molecule has 1 atom stereocenters. The second-order valence-electron chi connectivity index (χ2n) is 3.38. The minimum Gasteiger partial charge on any atom is -0.383 e. The van der Waals surface area contributed by atoms with Gasteiger partial charge in [0.15, 0.2) is 6.10 Å². The molecule has 1 N–H and O–H groups in total. The molecule has 0 aliphatic carbocycles. The molecule has 1 rings (SSSR count). The Balaban J connectivity index is 2.77. The van der Waals surface area contributed by atoms with Gasteiger partial charge in [0, 0.05) is 11.9 Å². The molecule has 0 spiro atoms. The van der Waals surface area contributed by atoms with Gasteiger partial charge in [-0.3, -0.25) is 0 Å². The summed E-state index contributed by atoms with van der Waals surface area (Å²) in [6.45, 7) is 0. The number of aliphatic hydroxyl groups excluding tert-OH is 1. The van der Waals surface area contributed by atoms with Crippen LogP contribution in [0.15, 0.2) is 17.3 Å². The topological polar surface area (TPSA) is 33.1 Å². The molecule has 0 radical (unpaired) electrons. The summed E-state index contributed by atoms with van der Waals surface area (Å²) in [5.74, 6) is -0.804. The van der Waals surface area contributed by atoms with Gasteiger partial charge in [0.25, 0.3) is 0 Å². The monoisotopic (exact) mass is 325 g/mol. The number of hydrogen-bond donors (Lipinski definition) is 1. The van der Waals surface area contributed by atoms with Gasteiger partial charge in [-0.05, 0) is 6.07 Å². The minimum absolute atomic E-state index is 0.210. The zero-order valence-electron chi connectivity index (χ0n) is 8.89. The average molecular weight is 326 g/mol. The van der Waals surface area contributed by atoms with Crippen molar-refractivity contribution in [1.29, 1.82) is 0 Å². The van der Waals surface area contributed by atoms with Crippen LogP contribution in [0.4, 0.5) is 26.3 Å². The van der Waals surface area contributed by atoms with Gasteiger partial charge in [0.05, 0.1) is 10.6 Å². The highest BCUT2D eigenvalue weighted by Gasteiger charge is 2.38. The number of aliphatic hydroxyl groups is 1. The first-order valence-electron chi connectivity index (χ1n) is 4.62. The number of halogens is 7. The summed E-state index contributed by atoms with van der Waals surface area (Å²) >= 11 is 5.91. The van der Waals surface area contributed by atoms with Crippen molar-refractivity contribution in [1.82, 2.24) is 4.98 Å². The van der Waals surface area contributed by atoms with Crippen molar-refractivity contribution in [3.8, 4) is 0 Å². The van der Waals surface area contributed by atoms with Crippen molar-refractivity contribution in [2.75, 3.05) is 5.75 Å². The van der Waals surface area contributed by atoms with Crippen molar-refractivity contribution in [3.05, 3.63) is 22.8 Å². The van der Waals surface area contributed by atoms with E-state index >= 15 is 0 Å². The molecule has 0 aromatic carbocycles. The summed E-state index contributed by atoms with van der Waals surface area (Å²) in [6, 6.07) is 0.566. The second kappa shape index (κ2) is 5.76. The lowest BCUT2D eigenvalue weighted by atomic mass is 10.3. The normalized spacial score (nSPS) is 14.5. The molecule has 108 valence electrons. The zero-order chi connectivity index (χ0) is 14.8. The molecular weight excluding hydrogens is 320 g/mol. The highest BCUT2D eigenvalue weighted by atomic mass is 35.5. The molecule has 1 aromatic rings. The molecule has 0 amide bonds. The number of rotatable bonds is 3. The molecule has 10 heteroatoms. The van der Waals surface area contributed by atoms with E-state index in [2.05, 4.69) is 4.98 Å². The summed E-state index contributed by atoms with van der Waals surface area (Å²) in [4.78, 5) is 3.33. The van der Waals surface area contributed by atoms with Gasteiger partial charge in [0.2, 0.25) is 0 Å². The SMILES string of the molecule is O[C@@H](CSc1ncc(C(F)(F)F)cc1Cl)C(F)(F)F. The van der Waals surface area contributed by atoms with E-state index in [0.29, 0.717) is 24.0 Å². The number of nitrogens with zero attached hydrogens (tertiary/aromatic N) is 1. The van der Waals surface area contributed by atoms with E-state index < -0.39 is 34.8 Å². The number of alkyl halides is 6. The molecule has 0 aliphatic heterocycles. The zero-order valence-corrected chi connectivity index (χ0v) is 10.5. The maximum absolute atomic E-state index is 12.3. The van der Waals surface area contributed by atoms with Crippen molar-refractivity contribution in [2.24, 2.45) is 0 Å². The van der Waals surface area contributed by atoms with E-state index in [-0.39, 0.29) is 5.03 Å². The van der Waals surface area contributed by atoms with E-state index in [9.17, 15) is 26.3 Å². The molecule has 0 saturated carbocycles. The molecule has 2 nitrogen and oxygen atoms in total. The summed E-state index contributed by atoms with van der Waals surface area (Å²) in [5.41, 5.74) is -1.10. The Kier molecular flexibility index (Phi) is 4.97. The van der Waals surface area contributed by atoms with Gasteiger partial charge in [-0.25, -0.2) is 4.98 Å². The van der Waals surface area contributed by atoms with Gasteiger partial charge in [-0.1, -0.05) is 11.6 Å². The van der Waals surface area contributed by atoms with Gasteiger partial charge < -0.3 is 5.11 Å². The summed E-state index contributed by atoms with van der Waals surface area (Å²) in [5, 5.41) is 8.09. The fourth-order valence-electron chi connectivity index (χ4n) is 0.939. The van der Waals surface area contributed by atoms with Gasteiger partial charge in [-0.2, -0.15) is 26.3 Å². The van der Waals surface area contributed by atoms with Gasteiger partial charge in [-0.15, -0.1) is 11.8 Å². The van der Waals surface area contributed by atoms with Crippen molar-refractivity contribution in [3.63, 3.8) is 0 Å². The number of aromatic nitrogens is 1. The number of hydrogen-bond acceptors (Lipinski definition) is 3. The maximum atomic E-state index is 12.3. The predicted molar refractivity (Wildman–Crippen MR) is 57.0 cm³/mol. The van der Waals surface area contributed by atoms with Crippen LogP contribution in [0.2, 0.25) is 5.02 Å². The predicted octanol–water partition coefficient (Wildman–Crippen LogP) is 3.77. The largest absolute Gasteiger partial charge is 0.417 e. The van der Waals surface area contributed by atoms with Crippen molar-refractivity contribution in [2.45, 2.75) is 23.5 Å². The molecule has 0 saturated heterocycles. The summed E-state index contributed by atoms with van der Waals surface area (Å²) < 4.78 is 72.8. The first kappa shape index (κ1) is 16.4. The van der Waals surface area contributed by atoms with Gasteiger partial charge >= 0.3 is 12.4 Å². The van der Waals surface area contributed by atoms with E-state index in [1.165, 1.54) is 0 Å². The quantitative estimate of drug-likeness (QED) is 0.678. The highest BCUT2D eigenvalue weighted by molar-refractivity contribution is 7.99. The lowest BCUT2D eigenvalue weighted by molar-refractivity contribution is -0.195. The van der Waals surface area contributed by atoms with Crippen LogP contribution in [-0.4, -0.2) is 28.1 Å². The molecule has 0 bridgehead atoms. The standard InChI is InChI=1S/C9H6ClF6NOS/c10-5-1-4(8(11,12)13)2-17-7(5)19-3-6(18)9(14,15)16/h1-2,6,18H,3H2/t6-/m0/s1. The Morgan fingerprint density at radius 2 is 1.84 bits per heavy atom. The molecule has 1 heterocycles. The van der Waals surface area contributed by atoms with Gasteiger partial charge in [0.1, 0.15) is 5.03 Å². The van der Waals surface area contributed by atoms with Crippen molar-refractivity contribution < 1.29 is 31.4 Å². The van der Waals surface area contributed by atoms with Crippen LogP contribution in [0, 0.1) is 0 Å². The summed E-state index contributed by atoms with van der Waals surface area (Å²) in [7, 11) is 0. The van der Waals surface area contributed by atoms with Crippen LogP contribution in [0.1, 0.15) is 5.56 Å². The van der Waals surface area contributed by atoms with Crippen LogP contribution in [-0.2, 0) is 6.18 Å². The lowest BCUT2D eigenvalue weighted by Gasteiger charge is -2.14. The van der Waals surface area contributed by atoms with Crippen LogP contribution in [0.5, 0.6) is 0 Å². The third-order valence-corrected chi connectivity index (χ3v) is 3.37. The Labute approximate surface area is 112 Å². The van der Waals surface area contributed by atoms with E-state index in [0.717, 1.165) is 0 Å². The Bertz CT molecular complexity index is 449. The fraction of sp³-hybridized carbons (Fsp3) is 0.444. The van der Waals surface area contributed by atoms with Crippen LogP contribution >= 0.6 is 23.4 Å². The molecular formula is C9H6ClF6NOS. The Hall–Kier alpha value is -0.670. The smallest absolute Gasteiger partial charge is 0.383 e.